The Morgan fingerprint density at radius 1 is 1.25 bits per heavy atom. The first-order valence-corrected chi connectivity index (χ1v) is 8.54. The summed E-state index contributed by atoms with van der Waals surface area (Å²) in [6.45, 7) is 2.63. The van der Waals surface area contributed by atoms with Crippen LogP contribution in [-0.4, -0.2) is 15.7 Å². The van der Waals surface area contributed by atoms with Crippen LogP contribution in [0.15, 0.2) is 59.2 Å². The Labute approximate surface area is 153 Å². The van der Waals surface area contributed by atoms with E-state index in [0.717, 1.165) is 10.0 Å². The molecule has 0 saturated carbocycles. The lowest BCUT2D eigenvalue weighted by Gasteiger charge is -2.10. The number of amides is 1. The predicted molar refractivity (Wildman–Crippen MR) is 99.6 cm³/mol. The van der Waals surface area contributed by atoms with E-state index in [1.807, 2.05) is 25.1 Å². The van der Waals surface area contributed by atoms with Crippen LogP contribution in [0.3, 0.4) is 0 Å². The maximum atomic E-state index is 12.5. The lowest BCUT2D eigenvalue weighted by Crippen LogP contribution is -2.16. The molecule has 0 radical (unpaired) electrons. The molecule has 122 valence electrons. The fraction of sp³-hybridized carbons (Fsp3) is 0.111. The van der Waals surface area contributed by atoms with Crippen LogP contribution in [0.1, 0.15) is 21.5 Å². The van der Waals surface area contributed by atoms with Crippen LogP contribution in [0.2, 0.25) is 5.02 Å². The van der Waals surface area contributed by atoms with E-state index in [4.69, 9.17) is 11.6 Å². The summed E-state index contributed by atoms with van der Waals surface area (Å²) in [5.41, 5.74) is 2.72. The molecule has 3 rings (SSSR count). The molecule has 0 aliphatic rings. The standard InChI is InChI=1S/C18H15BrClN3O/c1-12-3-2-4-13(9-12)11-23-17(7-8-21-23)22-18(24)15-10-14(19)5-6-16(15)20/h2-10H,11H2,1H3,(H,22,24). The Kier molecular flexibility index (Phi) is 5.02. The van der Waals surface area contributed by atoms with Crippen molar-refractivity contribution in [2.45, 2.75) is 13.5 Å². The van der Waals surface area contributed by atoms with Gasteiger partial charge in [-0.2, -0.15) is 5.10 Å². The van der Waals surface area contributed by atoms with Crippen molar-refractivity contribution in [2.75, 3.05) is 5.32 Å². The number of halogens is 2. The van der Waals surface area contributed by atoms with Gasteiger partial charge in [-0.25, -0.2) is 4.68 Å². The van der Waals surface area contributed by atoms with Crippen LogP contribution >= 0.6 is 27.5 Å². The molecular weight excluding hydrogens is 390 g/mol. The second kappa shape index (κ2) is 7.20. The first-order valence-electron chi connectivity index (χ1n) is 7.37. The molecule has 1 heterocycles. The fourth-order valence-electron chi connectivity index (χ4n) is 2.40. The van der Waals surface area contributed by atoms with Gasteiger partial charge in [-0.15, -0.1) is 0 Å². The molecule has 4 nitrogen and oxygen atoms in total. The Morgan fingerprint density at radius 2 is 2.08 bits per heavy atom. The summed E-state index contributed by atoms with van der Waals surface area (Å²) in [4.78, 5) is 12.5. The highest BCUT2D eigenvalue weighted by Crippen LogP contribution is 2.22. The molecule has 0 saturated heterocycles. The maximum Gasteiger partial charge on any atom is 0.258 e. The van der Waals surface area contributed by atoms with Crippen LogP contribution in [0, 0.1) is 6.92 Å². The molecule has 0 unspecified atom stereocenters. The molecule has 1 aromatic heterocycles. The molecule has 0 aliphatic heterocycles. The Balaban J connectivity index is 1.80. The largest absolute Gasteiger partial charge is 0.307 e. The number of benzene rings is 2. The van der Waals surface area contributed by atoms with E-state index in [1.165, 1.54) is 5.56 Å². The summed E-state index contributed by atoms with van der Waals surface area (Å²) in [5.74, 6) is 0.352. The molecule has 1 amide bonds. The lowest BCUT2D eigenvalue weighted by molar-refractivity contribution is 0.102. The number of aromatic nitrogens is 2. The smallest absolute Gasteiger partial charge is 0.258 e. The van der Waals surface area contributed by atoms with Gasteiger partial charge in [0, 0.05) is 10.5 Å². The fourth-order valence-corrected chi connectivity index (χ4v) is 2.97. The summed E-state index contributed by atoms with van der Waals surface area (Å²) in [5, 5.41) is 7.56. The Morgan fingerprint density at radius 3 is 2.88 bits per heavy atom. The van der Waals surface area contributed by atoms with Crippen molar-refractivity contribution in [3.05, 3.63) is 80.9 Å². The molecule has 0 aliphatic carbocycles. The van der Waals surface area contributed by atoms with Gasteiger partial charge < -0.3 is 5.32 Å². The van der Waals surface area contributed by atoms with E-state index in [0.29, 0.717) is 22.9 Å². The van der Waals surface area contributed by atoms with Gasteiger partial charge in [-0.3, -0.25) is 4.79 Å². The zero-order valence-corrected chi connectivity index (χ0v) is 15.3. The molecule has 24 heavy (non-hydrogen) atoms. The minimum absolute atomic E-state index is 0.271. The van der Waals surface area contributed by atoms with Crippen molar-refractivity contribution >= 4 is 39.3 Å². The second-order valence-corrected chi connectivity index (χ2v) is 6.76. The van der Waals surface area contributed by atoms with Crippen molar-refractivity contribution in [1.29, 1.82) is 0 Å². The number of carbonyl (C=O) groups excluding carboxylic acids is 1. The number of aryl methyl sites for hydroxylation is 1. The third-order valence-electron chi connectivity index (χ3n) is 3.55. The number of anilines is 1. The molecule has 6 heteroatoms. The number of hydrogen-bond acceptors (Lipinski definition) is 2. The average Bonchev–Trinajstić information content (AvgIpc) is 2.96. The van der Waals surface area contributed by atoms with E-state index in [2.05, 4.69) is 32.4 Å². The van der Waals surface area contributed by atoms with Gasteiger partial charge in [-0.05, 0) is 30.7 Å². The number of nitrogens with zero attached hydrogens (tertiary/aromatic N) is 2. The SMILES string of the molecule is Cc1cccc(Cn2nccc2NC(=O)c2cc(Br)ccc2Cl)c1. The molecule has 2 aromatic carbocycles. The quantitative estimate of drug-likeness (QED) is 0.672. The van der Waals surface area contributed by atoms with Gasteiger partial charge in [0.2, 0.25) is 0 Å². The van der Waals surface area contributed by atoms with E-state index in [1.54, 1.807) is 35.1 Å². The van der Waals surface area contributed by atoms with Crippen molar-refractivity contribution in [1.82, 2.24) is 9.78 Å². The van der Waals surface area contributed by atoms with Gasteiger partial charge in [0.15, 0.2) is 0 Å². The Bertz CT molecular complexity index is 891. The van der Waals surface area contributed by atoms with E-state index < -0.39 is 0 Å². The molecule has 0 spiro atoms. The minimum Gasteiger partial charge on any atom is -0.307 e. The van der Waals surface area contributed by atoms with E-state index in [9.17, 15) is 4.79 Å². The molecule has 3 aromatic rings. The van der Waals surface area contributed by atoms with Crippen LogP contribution < -0.4 is 5.32 Å². The number of carbonyl (C=O) groups is 1. The summed E-state index contributed by atoms with van der Waals surface area (Å²) >= 11 is 9.47. The van der Waals surface area contributed by atoms with Gasteiger partial charge in [0.1, 0.15) is 5.82 Å². The summed E-state index contributed by atoms with van der Waals surface area (Å²) in [7, 11) is 0. The zero-order chi connectivity index (χ0) is 17.1. The van der Waals surface area contributed by atoms with Crippen molar-refractivity contribution < 1.29 is 4.79 Å². The lowest BCUT2D eigenvalue weighted by atomic mass is 10.1. The average molecular weight is 405 g/mol. The van der Waals surface area contributed by atoms with Crippen molar-refractivity contribution in [2.24, 2.45) is 0 Å². The number of rotatable bonds is 4. The monoisotopic (exact) mass is 403 g/mol. The third-order valence-corrected chi connectivity index (χ3v) is 4.37. The first kappa shape index (κ1) is 16.7. The summed E-state index contributed by atoms with van der Waals surface area (Å²) < 4.78 is 2.55. The predicted octanol–water partition coefficient (Wildman–Crippen LogP) is 4.91. The normalized spacial score (nSPS) is 10.6. The molecule has 0 bridgehead atoms. The summed E-state index contributed by atoms with van der Waals surface area (Å²) in [6, 6.07) is 15.1. The maximum absolute atomic E-state index is 12.5. The van der Waals surface area contributed by atoms with Gasteiger partial charge in [0.25, 0.3) is 5.91 Å². The van der Waals surface area contributed by atoms with Crippen LogP contribution in [0.4, 0.5) is 5.82 Å². The number of nitrogens with one attached hydrogen (secondary N) is 1. The second-order valence-electron chi connectivity index (χ2n) is 5.44. The molecule has 1 N–H and O–H groups in total. The van der Waals surface area contributed by atoms with Gasteiger partial charge in [0.05, 0.1) is 23.3 Å². The number of hydrogen-bond donors (Lipinski definition) is 1. The molecular formula is C18H15BrClN3O. The topological polar surface area (TPSA) is 46.9 Å². The highest BCUT2D eigenvalue weighted by Gasteiger charge is 2.13. The highest BCUT2D eigenvalue weighted by molar-refractivity contribution is 9.10. The first-order chi connectivity index (χ1) is 11.5. The molecule has 0 atom stereocenters. The minimum atomic E-state index is -0.271. The van der Waals surface area contributed by atoms with E-state index >= 15 is 0 Å². The van der Waals surface area contributed by atoms with Gasteiger partial charge >= 0.3 is 0 Å². The van der Waals surface area contributed by atoms with Crippen LogP contribution in [0.5, 0.6) is 0 Å². The van der Waals surface area contributed by atoms with Crippen molar-refractivity contribution in [3.8, 4) is 0 Å². The summed E-state index contributed by atoms with van der Waals surface area (Å²) in [6.07, 6.45) is 1.66. The third kappa shape index (κ3) is 3.86. The van der Waals surface area contributed by atoms with E-state index in [-0.39, 0.29) is 5.91 Å². The van der Waals surface area contributed by atoms with Gasteiger partial charge in [-0.1, -0.05) is 57.4 Å². The van der Waals surface area contributed by atoms with Crippen molar-refractivity contribution in [3.63, 3.8) is 0 Å². The Hall–Kier alpha value is -2.11. The highest BCUT2D eigenvalue weighted by atomic mass is 79.9. The van der Waals surface area contributed by atoms with Crippen LogP contribution in [-0.2, 0) is 6.54 Å². The molecule has 0 fully saturated rings. The zero-order valence-electron chi connectivity index (χ0n) is 13.0. The van der Waals surface area contributed by atoms with Crippen LogP contribution in [0.25, 0.3) is 0 Å².